The highest BCUT2D eigenvalue weighted by atomic mass is 19.1. The number of ether oxygens (including phenoxy) is 1. The van der Waals surface area contributed by atoms with Gasteiger partial charge in [-0.2, -0.15) is 0 Å². The minimum Gasteiger partial charge on any atom is -0.469 e. The molecule has 0 unspecified atom stereocenters. The van der Waals surface area contributed by atoms with E-state index in [9.17, 15) is 9.18 Å². The van der Waals surface area contributed by atoms with Crippen molar-refractivity contribution in [3.8, 4) is 5.88 Å². The summed E-state index contributed by atoms with van der Waals surface area (Å²) in [5, 5.41) is 0. The maximum atomic E-state index is 12.5. The summed E-state index contributed by atoms with van der Waals surface area (Å²) < 4.78 is 17.3. The number of pyridine rings is 1. The lowest BCUT2D eigenvalue weighted by molar-refractivity contribution is 0.0960. The molecule has 0 fully saturated rings. The molecule has 1 aliphatic rings. The molecule has 0 N–H and O–H groups in total. The summed E-state index contributed by atoms with van der Waals surface area (Å²) in [6.07, 6.45) is 1.03. The van der Waals surface area contributed by atoms with Crippen LogP contribution in [0.2, 0.25) is 0 Å². The molecular weight excluding hydrogens is 149 g/mol. The van der Waals surface area contributed by atoms with Gasteiger partial charge in [0, 0.05) is 0 Å². The zero-order valence-corrected chi connectivity index (χ0v) is 5.50. The molecule has 1 aromatic heterocycles. The first-order valence-corrected chi connectivity index (χ1v) is 3.09. The van der Waals surface area contributed by atoms with E-state index in [4.69, 9.17) is 4.74 Å². The van der Waals surface area contributed by atoms with Crippen LogP contribution in [0.25, 0.3) is 0 Å². The van der Waals surface area contributed by atoms with Gasteiger partial charge in [0.1, 0.15) is 5.82 Å². The van der Waals surface area contributed by atoms with Crippen LogP contribution < -0.4 is 4.74 Å². The van der Waals surface area contributed by atoms with Crippen LogP contribution in [0.3, 0.4) is 0 Å². The Kier molecular flexibility index (Phi) is 1.15. The van der Waals surface area contributed by atoms with Crippen molar-refractivity contribution >= 4 is 5.78 Å². The zero-order chi connectivity index (χ0) is 7.84. The lowest BCUT2D eigenvalue weighted by atomic mass is 10.2. The highest BCUT2D eigenvalue weighted by Crippen LogP contribution is 2.21. The second-order valence-corrected chi connectivity index (χ2v) is 2.22. The third-order valence-electron chi connectivity index (χ3n) is 1.46. The number of halogens is 1. The lowest BCUT2D eigenvalue weighted by Gasteiger charge is -1.92. The molecule has 0 saturated heterocycles. The zero-order valence-electron chi connectivity index (χ0n) is 5.50. The Hall–Kier alpha value is -1.45. The van der Waals surface area contributed by atoms with Gasteiger partial charge in [-0.1, -0.05) is 0 Å². The molecule has 0 aromatic carbocycles. The van der Waals surface area contributed by atoms with E-state index < -0.39 is 5.82 Å². The van der Waals surface area contributed by atoms with Gasteiger partial charge in [-0.05, 0) is 6.07 Å². The van der Waals surface area contributed by atoms with Crippen molar-refractivity contribution < 1.29 is 13.9 Å². The van der Waals surface area contributed by atoms with E-state index in [1.165, 1.54) is 0 Å². The number of fused-ring (bicyclic) bond motifs is 1. The highest BCUT2D eigenvalue weighted by molar-refractivity contribution is 6.01. The number of carbonyl (C=O) groups is 1. The fraction of sp³-hybridized carbons (Fsp3) is 0.143. The molecule has 4 heteroatoms. The smallest absolute Gasteiger partial charge is 0.225 e. The Bertz CT molecular complexity index is 324. The molecule has 0 aliphatic carbocycles. The van der Waals surface area contributed by atoms with Gasteiger partial charge in [-0.3, -0.25) is 4.79 Å². The molecular formula is C7H4FNO2. The first-order valence-electron chi connectivity index (χ1n) is 3.09. The van der Waals surface area contributed by atoms with Gasteiger partial charge >= 0.3 is 0 Å². The Labute approximate surface area is 61.8 Å². The quantitative estimate of drug-likeness (QED) is 0.553. The van der Waals surface area contributed by atoms with Crippen LogP contribution in [0.1, 0.15) is 10.4 Å². The average Bonchev–Trinajstić information content (AvgIpc) is 2.33. The third-order valence-corrected chi connectivity index (χ3v) is 1.46. The van der Waals surface area contributed by atoms with E-state index >= 15 is 0 Å². The van der Waals surface area contributed by atoms with Gasteiger partial charge in [-0.25, -0.2) is 9.37 Å². The first kappa shape index (κ1) is 6.27. The van der Waals surface area contributed by atoms with Gasteiger partial charge in [0.25, 0.3) is 0 Å². The van der Waals surface area contributed by atoms with Gasteiger partial charge in [0.05, 0.1) is 11.8 Å². The first-order chi connectivity index (χ1) is 5.27. The number of ketones is 1. The van der Waals surface area contributed by atoms with Gasteiger partial charge in [0.15, 0.2) is 6.61 Å². The predicted molar refractivity (Wildman–Crippen MR) is 34.0 cm³/mol. The van der Waals surface area contributed by atoms with Gasteiger partial charge in [-0.15, -0.1) is 0 Å². The standard InChI is InChI=1S/C7H4FNO2/c8-4-1-5-6(10)3-11-7(5)9-2-4/h1-2H,3H2. The SMILES string of the molecule is O=C1COc2ncc(F)cc21. The molecule has 0 saturated carbocycles. The monoisotopic (exact) mass is 153 g/mol. The number of rotatable bonds is 0. The third kappa shape index (κ3) is 0.869. The molecule has 0 amide bonds. The Morgan fingerprint density at radius 1 is 1.64 bits per heavy atom. The van der Waals surface area contributed by atoms with Gasteiger partial charge < -0.3 is 4.74 Å². The van der Waals surface area contributed by atoms with E-state index in [2.05, 4.69) is 4.98 Å². The number of hydrogen-bond donors (Lipinski definition) is 0. The van der Waals surface area contributed by atoms with Crippen LogP contribution in [0.15, 0.2) is 12.3 Å². The summed E-state index contributed by atoms with van der Waals surface area (Å²) in [4.78, 5) is 14.5. The van der Waals surface area contributed by atoms with Crippen molar-refractivity contribution in [3.63, 3.8) is 0 Å². The summed E-state index contributed by atoms with van der Waals surface area (Å²) in [5.74, 6) is -0.494. The fourth-order valence-electron chi connectivity index (χ4n) is 0.953. The Balaban J connectivity index is 2.60. The molecule has 0 atom stereocenters. The second-order valence-electron chi connectivity index (χ2n) is 2.22. The number of nitrogens with zero attached hydrogens (tertiary/aromatic N) is 1. The van der Waals surface area contributed by atoms with E-state index in [0.29, 0.717) is 0 Å². The van der Waals surface area contributed by atoms with Crippen LogP contribution in [-0.2, 0) is 0 Å². The minimum atomic E-state index is -0.511. The summed E-state index contributed by atoms with van der Waals surface area (Å²) in [7, 11) is 0. The molecule has 0 spiro atoms. The van der Waals surface area contributed by atoms with Crippen molar-refractivity contribution in [2.45, 2.75) is 0 Å². The number of hydrogen-bond acceptors (Lipinski definition) is 3. The molecule has 11 heavy (non-hydrogen) atoms. The second kappa shape index (κ2) is 2.02. The maximum absolute atomic E-state index is 12.5. The summed E-state index contributed by atoms with van der Waals surface area (Å²) >= 11 is 0. The molecule has 0 bridgehead atoms. The molecule has 1 aliphatic heterocycles. The van der Waals surface area contributed by atoms with Crippen LogP contribution in [-0.4, -0.2) is 17.4 Å². The molecule has 2 heterocycles. The Morgan fingerprint density at radius 2 is 2.45 bits per heavy atom. The van der Waals surface area contributed by atoms with E-state index in [1.807, 2.05) is 0 Å². The normalized spacial score (nSPS) is 14.5. The molecule has 2 rings (SSSR count). The van der Waals surface area contributed by atoms with Crippen molar-refractivity contribution in [1.82, 2.24) is 4.98 Å². The van der Waals surface area contributed by atoms with Crippen molar-refractivity contribution in [2.24, 2.45) is 0 Å². The number of Topliss-reactive ketones (excluding diaryl/α,β-unsaturated/α-hetero) is 1. The van der Waals surface area contributed by atoms with Gasteiger partial charge in [0.2, 0.25) is 11.7 Å². The largest absolute Gasteiger partial charge is 0.469 e. The number of carbonyl (C=O) groups excluding carboxylic acids is 1. The topological polar surface area (TPSA) is 39.2 Å². The Morgan fingerprint density at radius 3 is 3.27 bits per heavy atom. The van der Waals surface area contributed by atoms with E-state index in [-0.39, 0.29) is 23.8 Å². The minimum absolute atomic E-state index is 0.0220. The molecule has 1 aromatic rings. The summed E-state index contributed by atoms with van der Waals surface area (Å²) in [6, 6.07) is 1.14. The fourth-order valence-corrected chi connectivity index (χ4v) is 0.953. The summed E-state index contributed by atoms with van der Waals surface area (Å²) in [5.41, 5.74) is 0.241. The molecule has 56 valence electrons. The number of aromatic nitrogens is 1. The molecule has 0 radical (unpaired) electrons. The maximum Gasteiger partial charge on any atom is 0.225 e. The van der Waals surface area contributed by atoms with Crippen LogP contribution in [0, 0.1) is 5.82 Å². The van der Waals surface area contributed by atoms with Crippen molar-refractivity contribution in [1.29, 1.82) is 0 Å². The van der Waals surface area contributed by atoms with E-state index in [0.717, 1.165) is 12.3 Å². The average molecular weight is 153 g/mol. The highest BCUT2D eigenvalue weighted by Gasteiger charge is 2.22. The predicted octanol–water partition coefficient (Wildman–Crippen LogP) is 0.796. The van der Waals surface area contributed by atoms with Crippen molar-refractivity contribution in [3.05, 3.63) is 23.6 Å². The van der Waals surface area contributed by atoms with Crippen LogP contribution in [0.5, 0.6) is 5.88 Å². The van der Waals surface area contributed by atoms with Crippen LogP contribution >= 0.6 is 0 Å². The van der Waals surface area contributed by atoms with Crippen LogP contribution in [0.4, 0.5) is 4.39 Å². The van der Waals surface area contributed by atoms with E-state index in [1.54, 1.807) is 0 Å². The lowest BCUT2D eigenvalue weighted by Crippen LogP contribution is -1.98. The van der Waals surface area contributed by atoms with Crippen molar-refractivity contribution in [2.75, 3.05) is 6.61 Å². The summed E-state index contributed by atoms with van der Waals surface area (Å²) in [6.45, 7) is -0.0220. The molecule has 3 nitrogen and oxygen atoms in total.